The quantitative estimate of drug-likeness (QED) is 0.905. The number of hydrogen-bond donors (Lipinski definition) is 2. The minimum atomic E-state index is -0.685. The first-order valence-corrected chi connectivity index (χ1v) is 8.71. The van der Waals surface area contributed by atoms with Crippen LogP contribution in [0.25, 0.3) is 10.8 Å². The molecule has 1 saturated heterocycles. The number of rotatable bonds is 4. The molecule has 2 aromatic carbocycles. The Labute approximate surface area is 141 Å². The molecular weight excluding hydrogens is 302 g/mol. The van der Waals surface area contributed by atoms with E-state index >= 15 is 0 Å². The number of carboxylic acid groups (broad SMARTS) is 1. The van der Waals surface area contributed by atoms with Crippen LogP contribution >= 0.6 is 0 Å². The maximum atomic E-state index is 11.0. The molecule has 0 bridgehead atoms. The summed E-state index contributed by atoms with van der Waals surface area (Å²) in [6.45, 7) is 1.57. The fraction of sp³-hybridized carbons (Fsp3) is 0.450. The van der Waals surface area contributed by atoms with Crippen molar-refractivity contribution in [3.63, 3.8) is 0 Å². The van der Waals surface area contributed by atoms with Crippen molar-refractivity contribution in [2.45, 2.75) is 43.9 Å². The Morgan fingerprint density at radius 2 is 1.96 bits per heavy atom. The van der Waals surface area contributed by atoms with E-state index in [0.29, 0.717) is 18.9 Å². The predicted molar refractivity (Wildman–Crippen MR) is 92.9 cm³/mol. The zero-order valence-corrected chi connectivity index (χ0v) is 13.7. The SMILES string of the molecule is O=C(O)C1CC2(CC(NCc3ccc4ccccc4c3)CCO2)C1. The average molecular weight is 325 g/mol. The smallest absolute Gasteiger partial charge is 0.306 e. The zero-order valence-electron chi connectivity index (χ0n) is 13.7. The summed E-state index contributed by atoms with van der Waals surface area (Å²) in [5.74, 6) is -0.903. The highest BCUT2D eigenvalue weighted by Crippen LogP contribution is 2.46. The number of nitrogens with one attached hydrogen (secondary N) is 1. The number of benzene rings is 2. The Kier molecular flexibility index (Phi) is 4.02. The van der Waals surface area contributed by atoms with Crippen LogP contribution in [0.2, 0.25) is 0 Å². The zero-order chi connectivity index (χ0) is 16.6. The molecule has 2 N–H and O–H groups in total. The Morgan fingerprint density at radius 3 is 2.75 bits per heavy atom. The molecule has 0 radical (unpaired) electrons. The molecule has 1 aliphatic heterocycles. The minimum absolute atomic E-state index is 0.192. The van der Waals surface area contributed by atoms with Crippen molar-refractivity contribution in [2.75, 3.05) is 6.61 Å². The van der Waals surface area contributed by atoms with E-state index in [-0.39, 0.29) is 11.5 Å². The van der Waals surface area contributed by atoms with Crippen LogP contribution in [0.15, 0.2) is 42.5 Å². The summed E-state index contributed by atoms with van der Waals surface area (Å²) >= 11 is 0. The number of carboxylic acids is 1. The summed E-state index contributed by atoms with van der Waals surface area (Å²) in [5, 5.41) is 15.3. The summed E-state index contributed by atoms with van der Waals surface area (Å²) in [7, 11) is 0. The van der Waals surface area contributed by atoms with Gasteiger partial charge in [0.15, 0.2) is 0 Å². The molecule has 1 heterocycles. The van der Waals surface area contributed by atoms with Gasteiger partial charge >= 0.3 is 5.97 Å². The van der Waals surface area contributed by atoms with Gasteiger partial charge in [0.1, 0.15) is 0 Å². The van der Waals surface area contributed by atoms with Gasteiger partial charge in [0.05, 0.1) is 11.5 Å². The second-order valence-electron chi connectivity index (χ2n) is 7.23. The molecule has 0 amide bonds. The molecule has 4 nitrogen and oxygen atoms in total. The molecule has 1 spiro atoms. The van der Waals surface area contributed by atoms with Gasteiger partial charge in [-0.25, -0.2) is 0 Å². The van der Waals surface area contributed by atoms with Gasteiger partial charge in [-0.2, -0.15) is 0 Å². The van der Waals surface area contributed by atoms with Crippen LogP contribution in [0.3, 0.4) is 0 Å². The minimum Gasteiger partial charge on any atom is -0.481 e. The molecule has 2 aliphatic rings. The lowest BCUT2D eigenvalue weighted by Gasteiger charge is -2.50. The Morgan fingerprint density at radius 1 is 1.17 bits per heavy atom. The Bertz CT molecular complexity index is 751. The third-order valence-electron chi connectivity index (χ3n) is 5.49. The van der Waals surface area contributed by atoms with Crippen molar-refractivity contribution in [1.29, 1.82) is 0 Å². The van der Waals surface area contributed by atoms with Crippen LogP contribution in [0, 0.1) is 5.92 Å². The van der Waals surface area contributed by atoms with Gasteiger partial charge in [0.25, 0.3) is 0 Å². The molecule has 1 atom stereocenters. The van der Waals surface area contributed by atoms with E-state index in [0.717, 1.165) is 26.0 Å². The lowest BCUT2D eigenvalue weighted by atomic mass is 9.66. The molecule has 126 valence electrons. The first-order chi connectivity index (χ1) is 11.6. The normalized spacial score (nSPS) is 29.5. The molecule has 0 aromatic heterocycles. The van der Waals surface area contributed by atoms with E-state index in [2.05, 4.69) is 47.8 Å². The van der Waals surface area contributed by atoms with E-state index in [1.807, 2.05) is 0 Å². The van der Waals surface area contributed by atoms with Crippen LogP contribution in [-0.2, 0) is 16.1 Å². The summed E-state index contributed by atoms with van der Waals surface area (Å²) in [5.41, 5.74) is 1.09. The van der Waals surface area contributed by atoms with Crippen LogP contribution in [-0.4, -0.2) is 29.3 Å². The molecule has 1 unspecified atom stereocenters. The third-order valence-corrected chi connectivity index (χ3v) is 5.49. The Balaban J connectivity index is 1.36. The summed E-state index contributed by atoms with van der Waals surface area (Å²) in [4.78, 5) is 11.0. The second-order valence-corrected chi connectivity index (χ2v) is 7.23. The van der Waals surface area contributed by atoms with Gasteiger partial charge in [0, 0.05) is 19.2 Å². The van der Waals surface area contributed by atoms with Crippen molar-refractivity contribution >= 4 is 16.7 Å². The maximum Gasteiger partial charge on any atom is 0.306 e. The van der Waals surface area contributed by atoms with Crippen LogP contribution in [0.1, 0.15) is 31.2 Å². The number of aliphatic carboxylic acids is 1. The number of hydrogen-bond acceptors (Lipinski definition) is 3. The van der Waals surface area contributed by atoms with Crippen LogP contribution in [0.5, 0.6) is 0 Å². The summed E-state index contributed by atoms with van der Waals surface area (Å²) in [6, 6.07) is 15.4. The molecule has 4 rings (SSSR count). The summed E-state index contributed by atoms with van der Waals surface area (Å²) in [6.07, 6.45) is 3.24. The van der Waals surface area contributed by atoms with Crippen molar-refractivity contribution < 1.29 is 14.6 Å². The second kappa shape index (κ2) is 6.19. The number of ether oxygens (including phenoxy) is 1. The molecule has 1 aliphatic carbocycles. The molecule has 24 heavy (non-hydrogen) atoms. The average Bonchev–Trinajstić information content (AvgIpc) is 2.57. The number of carbonyl (C=O) groups is 1. The van der Waals surface area contributed by atoms with Gasteiger partial charge in [-0.15, -0.1) is 0 Å². The van der Waals surface area contributed by atoms with Crippen molar-refractivity contribution in [1.82, 2.24) is 5.32 Å². The van der Waals surface area contributed by atoms with E-state index in [1.54, 1.807) is 0 Å². The highest BCUT2D eigenvalue weighted by molar-refractivity contribution is 5.82. The van der Waals surface area contributed by atoms with Gasteiger partial charge in [-0.05, 0) is 48.1 Å². The standard InChI is InChI=1S/C20H23NO3/c22-19(23)17-10-20(11-17)12-18(7-8-24-20)21-13-14-5-6-15-3-1-2-4-16(15)9-14/h1-6,9,17-18,21H,7-8,10-13H2,(H,22,23). The topological polar surface area (TPSA) is 58.6 Å². The first-order valence-electron chi connectivity index (χ1n) is 8.71. The van der Waals surface area contributed by atoms with E-state index in [1.165, 1.54) is 16.3 Å². The highest BCUT2D eigenvalue weighted by atomic mass is 16.5. The predicted octanol–water partition coefficient (Wildman–Crippen LogP) is 3.34. The molecule has 2 fully saturated rings. The first kappa shape index (κ1) is 15.6. The largest absolute Gasteiger partial charge is 0.481 e. The molecule has 4 heteroatoms. The molecule has 1 saturated carbocycles. The maximum absolute atomic E-state index is 11.0. The fourth-order valence-corrected chi connectivity index (χ4v) is 4.11. The monoisotopic (exact) mass is 325 g/mol. The van der Waals surface area contributed by atoms with Crippen molar-refractivity contribution in [3.05, 3.63) is 48.0 Å². The molecular formula is C20H23NO3. The van der Waals surface area contributed by atoms with Crippen molar-refractivity contribution in [2.24, 2.45) is 5.92 Å². The lowest BCUT2D eigenvalue weighted by molar-refractivity contribution is -0.181. The van der Waals surface area contributed by atoms with Gasteiger partial charge in [-0.3, -0.25) is 4.79 Å². The third kappa shape index (κ3) is 3.04. The lowest BCUT2D eigenvalue weighted by Crippen LogP contribution is -2.55. The number of fused-ring (bicyclic) bond motifs is 1. The van der Waals surface area contributed by atoms with Crippen LogP contribution < -0.4 is 5.32 Å². The fourth-order valence-electron chi connectivity index (χ4n) is 4.11. The summed E-state index contributed by atoms with van der Waals surface area (Å²) < 4.78 is 5.92. The van der Waals surface area contributed by atoms with Crippen molar-refractivity contribution in [3.8, 4) is 0 Å². The van der Waals surface area contributed by atoms with E-state index in [4.69, 9.17) is 9.84 Å². The van der Waals surface area contributed by atoms with Gasteiger partial charge in [-0.1, -0.05) is 36.4 Å². The Hall–Kier alpha value is -1.91. The van der Waals surface area contributed by atoms with Gasteiger partial charge in [0.2, 0.25) is 0 Å². The van der Waals surface area contributed by atoms with Crippen LogP contribution in [0.4, 0.5) is 0 Å². The van der Waals surface area contributed by atoms with E-state index in [9.17, 15) is 4.79 Å². The highest BCUT2D eigenvalue weighted by Gasteiger charge is 2.50. The molecule has 2 aromatic rings. The van der Waals surface area contributed by atoms with E-state index < -0.39 is 5.97 Å². The van der Waals surface area contributed by atoms with Gasteiger partial charge < -0.3 is 15.2 Å².